The number of pyridine rings is 1. The topological polar surface area (TPSA) is 24.9 Å². The van der Waals surface area contributed by atoms with Gasteiger partial charge >= 0.3 is 0 Å². The Balaban J connectivity index is 2.00. The zero-order valence-corrected chi connectivity index (χ0v) is 13.2. The van der Waals surface area contributed by atoms with E-state index in [1.165, 1.54) is 16.8 Å². The zero-order chi connectivity index (χ0) is 14.9. The van der Waals surface area contributed by atoms with Gasteiger partial charge in [-0.3, -0.25) is 4.98 Å². The van der Waals surface area contributed by atoms with E-state index in [2.05, 4.69) is 66.6 Å². The molecule has 112 valence electrons. The Morgan fingerprint density at radius 1 is 0.952 bits per heavy atom. The van der Waals surface area contributed by atoms with Crippen molar-refractivity contribution in [2.45, 2.75) is 45.6 Å². The second-order valence-electron chi connectivity index (χ2n) is 5.56. The first-order valence-corrected chi connectivity index (χ1v) is 8.03. The quantitative estimate of drug-likeness (QED) is 0.796. The summed E-state index contributed by atoms with van der Waals surface area (Å²) in [5, 5.41) is 3.65. The van der Waals surface area contributed by atoms with Crippen LogP contribution < -0.4 is 5.32 Å². The molecule has 0 saturated heterocycles. The Hall–Kier alpha value is -1.67. The van der Waals surface area contributed by atoms with Crippen molar-refractivity contribution in [1.82, 2.24) is 10.3 Å². The van der Waals surface area contributed by atoms with E-state index in [-0.39, 0.29) is 0 Å². The van der Waals surface area contributed by atoms with Gasteiger partial charge in [0, 0.05) is 24.4 Å². The Bertz CT molecular complexity index is 505. The van der Waals surface area contributed by atoms with E-state index in [1.54, 1.807) is 0 Å². The lowest BCUT2D eigenvalue weighted by Crippen LogP contribution is -2.34. The highest BCUT2D eigenvalue weighted by Crippen LogP contribution is 2.09. The second kappa shape index (κ2) is 8.58. The minimum Gasteiger partial charge on any atom is -0.313 e. The van der Waals surface area contributed by atoms with Crippen LogP contribution in [0.3, 0.4) is 0 Å². The number of hydrogen-bond donors (Lipinski definition) is 1. The Morgan fingerprint density at radius 2 is 1.76 bits per heavy atom. The third-order valence-corrected chi connectivity index (χ3v) is 3.76. The zero-order valence-electron chi connectivity index (χ0n) is 13.2. The summed E-state index contributed by atoms with van der Waals surface area (Å²) in [6.45, 7) is 5.43. The van der Waals surface area contributed by atoms with Crippen LogP contribution in [-0.4, -0.2) is 17.6 Å². The van der Waals surface area contributed by atoms with Gasteiger partial charge in [-0.1, -0.05) is 50.2 Å². The largest absolute Gasteiger partial charge is 0.313 e. The summed E-state index contributed by atoms with van der Waals surface area (Å²) >= 11 is 0. The van der Waals surface area contributed by atoms with Gasteiger partial charge in [-0.25, -0.2) is 0 Å². The highest BCUT2D eigenvalue weighted by atomic mass is 14.9. The maximum atomic E-state index is 4.60. The van der Waals surface area contributed by atoms with Crippen molar-refractivity contribution < 1.29 is 0 Å². The molecule has 0 fully saturated rings. The molecule has 21 heavy (non-hydrogen) atoms. The summed E-state index contributed by atoms with van der Waals surface area (Å²) in [7, 11) is 0. The Labute approximate surface area is 128 Å². The number of nitrogens with zero attached hydrogens (tertiary/aromatic N) is 1. The minimum absolute atomic E-state index is 0.451. The van der Waals surface area contributed by atoms with Gasteiger partial charge < -0.3 is 5.32 Å². The van der Waals surface area contributed by atoms with Gasteiger partial charge in [0.1, 0.15) is 0 Å². The fourth-order valence-corrected chi connectivity index (χ4v) is 2.50. The molecule has 1 aromatic carbocycles. The van der Waals surface area contributed by atoms with Crippen LogP contribution in [0.5, 0.6) is 0 Å². The number of rotatable bonds is 8. The highest BCUT2D eigenvalue weighted by Gasteiger charge is 2.10. The fourth-order valence-electron chi connectivity index (χ4n) is 2.50. The van der Waals surface area contributed by atoms with E-state index in [0.717, 1.165) is 32.2 Å². The van der Waals surface area contributed by atoms with Gasteiger partial charge in [0.25, 0.3) is 0 Å². The molecule has 0 aliphatic rings. The first-order valence-electron chi connectivity index (χ1n) is 8.03. The summed E-state index contributed by atoms with van der Waals surface area (Å²) in [6.07, 6.45) is 6.26. The number of hydrogen-bond acceptors (Lipinski definition) is 2. The SMILES string of the molecule is CCCNC(Cc1ccccc1)Cc1ccc(CC)cn1. The van der Waals surface area contributed by atoms with Crippen LogP contribution in [0.1, 0.15) is 37.1 Å². The molecule has 2 heteroatoms. The molecular weight excluding hydrogens is 256 g/mol. The van der Waals surface area contributed by atoms with Gasteiger partial charge in [0.2, 0.25) is 0 Å². The van der Waals surface area contributed by atoms with Crippen molar-refractivity contribution in [3.05, 3.63) is 65.5 Å². The van der Waals surface area contributed by atoms with Crippen molar-refractivity contribution >= 4 is 0 Å². The molecule has 0 aliphatic heterocycles. The van der Waals surface area contributed by atoms with Gasteiger partial charge in [-0.05, 0) is 43.0 Å². The lowest BCUT2D eigenvalue weighted by atomic mass is 10.0. The van der Waals surface area contributed by atoms with Gasteiger partial charge in [0.05, 0.1) is 0 Å². The number of nitrogens with one attached hydrogen (secondary N) is 1. The number of benzene rings is 1. The van der Waals surface area contributed by atoms with Crippen LogP contribution in [0.4, 0.5) is 0 Å². The van der Waals surface area contributed by atoms with Crippen molar-refractivity contribution in [3.8, 4) is 0 Å². The monoisotopic (exact) mass is 282 g/mol. The average Bonchev–Trinajstić information content (AvgIpc) is 2.54. The van der Waals surface area contributed by atoms with Crippen molar-refractivity contribution in [2.75, 3.05) is 6.54 Å². The van der Waals surface area contributed by atoms with Crippen LogP contribution in [0.25, 0.3) is 0 Å². The van der Waals surface area contributed by atoms with Crippen molar-refractivity contribution in [3.63, 3.8) is 0 Å². The summed E-state index contributed by atoms with van der Waals surface area (Å²) in [6, 6.07) is 15.5. The van der Waals surface area contributed by atoms with Gasteiger partial charge in [-0.15, -0.1) is 0 Å². The maximum absolute atomic E-state index is 4.60. The molecule has 1 heterocycles. The summed E-state index contributed by atoms with van der Waals surface area (Å²) in [5.41, 5.74) is 3.87. The molecule has 0 saturated carbocycles. The molecule has 0 amide bonds. The van der Waals surface area contributed by atoms with Crippen LogP contribution >= 0.6 is 0 Å². The summed E-state index contributed by atoms with van der Waals surface area (Å²) in [4.78, 5) is 4.60. The Morgan fingerprint density at radius 3 is 2.38 bits per heavy atom. The van der Waals surface area contributed by atoms with E-state index in [0.29, 0.717) is 6.04 Å². The molecule has 2 rings (SSSR count). The van der Waals surface area contributed by atoms with E-state index in [9.17, 15) is 0 Å². The normalized spacial score (nSPS) is 12.3. The molecule has 1 atom stereocenters. The van der Waals surface area contributed by atoms with E-state index < -0.39 is 0 Å². The molecule has 0 bridgehead atoms. The Kier molecular flexibility index (Phi) is 6.42. The molecule has 2 nitrogen and oxygen atoms in total. The van der Waals surface area contributed by atoms with Crippen LogP contribution in [0, 0.1) is 0 Å². The van der Waals surface area contributed by atoms with Crippen LogP contribution in [0.15, 0.2) is 48.7 Å². The molecule has 0 spiro atoms. The third kappa shape index (κ3) is 5.31. The predicted octanol–water partition coefficient (Wildman–Crippen LogP) is 3.80. The lowest BCUT2D eigenvalue weighted by Gasteiger charge is -2.18. The van der Waals surface area contributed by atoms with Gasteiger partial charge in [-0.2, -0.15) is 0 Å². The summed E-state index contributed by atoms with van der Waals surface area (Å²) in [5.74, 6) is 0. The van der Waals surface area contributed by atoms with Crippen LogP contribution in [0.2, 0.25) is 0 Å². The molecule has 1 aromatic heterocycles. The molecule has 0 radical (unpaired) electrons. The predicted molar refractivity (Wildman–Crippen MR) is 89.5 cm³/mol. The average molecular weight is 282 g/mol. The lowest BCUT2D eigenvalue weighted by molar-refractivity contribution is 0.500. The van der Waals surface area contributed by atoms with E-state index in [4.69, 9.17) is 0 Å². The third-order valence-electron chi connectivity index (χ3n) is 3.76. The maximum Gasteiger partial charge on any atom is 0.0419 e. The molecule has 1 unspecified atom stereocenters. The minimum atomic E-state index is 0.451. The standard InChI is InChI=1S/C19H26N2/c1-3-12-20-19(13-17-8-6-5-7-9-17)14-18-11-10-16(4-2)15-21-18/h5-11,15,19-20H,3-4,12-14H2,1-2H3. The highest BCUT2D eigenvalue weighted by molar-refractivity contribution is 5.18. The van der Waals surface area contributed by atoms with E-state index >= 15 is 0 Å². The second-order valence-corrected chi connectivity index (χ2v) is 5.56. The first-order chi connectivity index (χ1) is 10.3. The van der Waals surface area contributed by atoms with Crippen molar-refractivity contribution in [1.29, 1.82) is 0 Å². The molecule has 0 aliphatic carbocycles. The molecular formula is C19H26N2. The van der Waals surface area contributed by atoms with Crippen LogP contribution in [-0.2, 0) is 19.3 Å². The number of aryl methyl sites for hydroxylation is 1. The van der Waals surface area contributed by atoms with Crippen molar-refractivity contribution in [2.24, 2.45) is 0 Å². The number of aromatic nitrogens is 1. The fraction of sp³-hybridized carbons (Fsp3) is 0.421. The van der Waals surface area contributed by atoms with Gasteiger partial charge in [0.15, 0.2) is 0 Å². The smallest absolute Gasteiger partial charge is 0.0419 e. The summed E-state index contributed by atoms with van der Waals surface area (Å²) < 4.78 is 0. The molecule has 1 N–H and O–H groups in total. The first kappa shape index (κ1) is 15.7. The molecule has 2 aromatic rings. The van der Waals surface area contributed by atoms with E-state index in [1.807, 2.05) is 6.20 Å².